The summed E-state index contributed by atoms with van der Waals surface area (Å²) >= 11 is 0. The van der Waals surface area contributed by atoms with E-state index in [0.717, 1.165) is 11.8 Å². The lowest BCUT2D eigenvalue weighted by atomic mass is 9.43. The van der Waals surface area contributed by atoms with Crippen LogP contribution >= 0.6 is 0 Å². The van der Waals surface area contributed by atoms with Crippen LogP contribution in [0.4, 0.5) is 17.1 Å². The third kappa shape index (κ3) is 4.43. The number of fused-ring (bicyclic) bond motifs is 6. The molecule has 56 heavy (non-hydrogen) atoms. The Labute approximate surface area is 331 Å². The molecule has 0 saturated heterocycles. The average Bonchev–Trinajstić information content (AvgIpc) is 3.67. The smallest absolute Gasteiger partial charge is 0.0540 e. The predicted molar refractivity (Wildman–Crippen MR) is 233 cm³/mol. The second-order valence-electron chi connectivity index (χ2n) is 18.1. The van der Waals surface area contributed by atoms with E-state index in [2.05, 4.69) is 183 Å². The van der Waals surface area contributed by atoms with E-state index in [1.807, 2.05) is 0 Å². The van der Waals surface area contributed by atoms with Crippen molar-refractivity contribution in [3.8, 4) is 44.5 Å². The summed E-state index contributed by atoms with van der Waals surface area (Å²) in [5.41, 5.74) is 20.4. The minimum Gasteiger partial charge on any atom is -0.310 e. The maximum absolute atomic E-state index is 2.69. The van der Waals surface area contributed by atoms with E-state index in [0.29, 0.717) is 11.8 Å². The van der Waals surface area contributed by atoms with Crippen LogP contribution in [-0.4, -0.2) is 0 Å². The number of hydrogen-bond donors (Lipinski definition) is 0. The first kappa shape index (κ1) is 32.6. The van der Waals surface area contributed by atoms with Crippen molar-refractivity contribution >= 4 is 17.1 Å². The van der Waals surface area contributed by atoms with Gasteiger partial charge in [-0.25, -0.2) is 0 Å². The molecule has 4 bridgehead atoms. The van der Waals surface area contributed by atoms with Gasteiger partial charge in [0.05, 0.1) is 11.4 Å². The fraction of sp³-hybridized carbons (Fsp3) is 0.236. The van der Waals surface area contributed by atoms with E-state index >= 15 is 0 Å². The number of anilines is 3. The van der Waals surface area contributed by atoms with E-state index in [-0.39, 0.29) is 10.8 Å². The van der Waals surface area contributed by atoms with Crippen molar-refractivity contribution in [1.82, 2.24) is 0 Å². The molecule has 1 spiro atoms. The minimum atomic E-state index is -0.107. The van der Waals surface area contributed by atoms with Gasteiger partial charge in [0.1, 0.15) is 0 Å². The van der Waals surface area contributed by atoms with Crippen LogP contribution in [-0.2, 0) is 10.8 Å². The highest BCUT2D eigenvalue weighted by molar-refractivity contribution is 5.97. The molecule has 272 valence electrons. The van der Waals surface area contributed by atoms with Gasteiger partial charge in [-0.2, -0.15) is 0 Å². The molecule has 6 aliphatic rings. The maximum atomic E-state index is 2.69. The highest BCUT2D eigenvalue weighted by Gasteiger charge is 2.62. The molecule has 7 aromatic carbocycles. The molecule has 1 heteroatoms. The molecule has 0 amide bonds. The van der Waals surface area contributed by atoms with Crippen LogP contribution in [0.15, 0.2) is 164 Å². The lowest BCUT2D eigenvalue weighted by Gasteiger charge is -2.61. The van der Waals surface area contributed by atoms with Crippen molar-refractivity contribution in [3.63, 3.8) is 0 Å². The van der Waals surface area contributed by atoms with Gasteiger partial charge in [0.25, 0.3) is 0 Å². The minimum absolute atomic E-state index is 0.0251. The first-order valence-electron chi connectivity index (χ1n) is 21.0. The van der Waals surface area contributed by atoms with E-state index in [1.54, 1.807) is 11.1 Å². The van der Waals surface area contributed by atoms with Gasteiger partial charge in [0.15, 0.2) is 0 Å². The van der Waals surface area contributed by atoms with Crippen molar-refractivity contribution in [2.24, 2.45) is 23.7 Å². The van der Waals surface area contributed by atoms with Gasteiger partial charge in [0.2, 0.25) is 0 Å². The first-order chi connectivity index (χ1) is 27.5. The van der Waals surface area contributed by atoms with E-state index < -0.39 is 0 Å². The number of hydrogen-bond acceptors (Lipinski definition) is 1. The van der Waals surface area contributed by atoms with Crippen molar-refractivity contribution in [3.05, 3.63) is 186 Å². The fourth-order valence-corrected chi connectivity index (χ4v) is 13.0. The molecule has 1 nitrogen and oxygen atoms in total. The van der Waals surface area contributed by atoms with Crippen molar-refractivity contribution in [2.45, 2.75) is 56.8 Å². The summed E-state index contributed by atoms with van der Waals surface area (Å²) in [6, 6.07) is 62.4. The summed E-state index contributed by atoms with van der Waals surface area (Å²) in [5, 5.41) is 0. The third-order valence-corrected chi connectivity index (χ3v) is 15.0. The summed E-state index contributed by atoms with van der Waals surface area (Å²) in [7, 11) is 0. The summed E-state index contributed by atoms with van der Waals surface area (Å²) < 4.78 is 0. The summed E-state index contributed by atoms with van der Waals surface area (Å²) in [5.74, 6) is 3.12. The molecule has 4 fully saturated rings. The van der Waals surface area contributed by atoms with Gasteiger partial charge in [-0.05, 0) is 147 Å². The molecule has 13 rings (SSSR count). The fourth-order valence-electron chi connectivity index (χ4n) is 13.0. The van der Waals surface area contributed by atoms with Crippen molar-refractivity contribution in [1.29, 1.82) is 0 Å². The van der Waals surface area contributed by atoms with Crippen LogP contribution in [0.1, 0.15) is 68.2 Å². The van der Waals surface area contributed by atoms with Gasteiger partial charge < -0.3 is 4.90 Å². The molecule has 0 radical (unpaired) electrons. The van der Waals surface area contributed by atoms with Crippen LogP contribution in [0.5, 0.6) is 0 Å². The monoisotopic (exact) mass is 721 g/mol. The number of nitrogens with zero attached hydrogens (tertiary/aromatic N) is 1. The Kier molecular flexibility index (Phi) is 6.93. The molecule has 0 N–H and O–H groups in total. The van der Waals surface area contributed by atoms with E-state index in [1.165, 1.54) is 105 Å². The molecule has 0 aromatic heterocycles. The Morgan fingerprint density at radius 3 is 1.71 bits per heavy atom. The van der Waals surface area contributed by atoms with Gasteiger partial charge >= 0.3 is 0 Å². The molecule has 4 saturated carbocycles. The Balaban J connectivity index is 1.16. The predicted octanol–water partition coefficient (Wildman–Crippen LogP) is 14.5. The molecule has 0 heterocycles. The SMILES string of the molecule is CC1(C)c2ccccc2-c2ccc(N(c3ccc(-c4ccccc4)cc3-c3ccccc3)c3cccc4c3C3(c5ccccc5-4)C4CC5CC(C4)CC3C5)cc21. The number of benzene rings is 7. The molecule has 0 unspecified atom stereocenters. The quantitative estimate of drug-likeness (QED) is 0.171. The summed E-state index contributed by atoms with van der Waals surface area (Å²) in [4.78, 5) is 2.69. The summed E-state index contributed by atoms with van der Waals surface area (Å²) in [6.07, 6.45) is 6.90. The Hall–Kier alpha value is -5.66. The molecule has 7 aromatic rings. The zero-order chi connectivity index (χ0) is 37.2. The van der Waals surface area contributed by atoms with Gasteiger partial charge in [-0.3, -0.25) is 0 Å². The second-order valence-corrected chi connectivity index (χ2v) is 18.1. The van der Waals surface area contributed by atoms with E-state index in [9.17, 15) is 0 Å². The summed E-state index contributed by atoms with van der Waals surface area (Å²) in [6.45, 7) is 4.83. The van der Waals surface area contributed by atoms with Gasteiger partial charge in [-0.15, -0.1) is 0 Å². The molecular formula is C55H47N. The Bertz CT molecular complexity index is 2660. The topological polar surface area (TPSA) is 3.24 Å². The second kappa shape index (κ2) is 11.9. The highest BCUT2D eigenvalue weighted by atomic mass is 15.2. The molecule has 6 aliphatic carbocycles. The Morgan fingerprint density at radius 1 is 0.411 bits per heavy atom. The highest BCUT2D eigenvalue weighted by Crippen LogP contribution is 2.71. The normalized spacial score (nSPS) is 24.1. The van der Waals surface area contributed by atoms with Gasteiger partial charge in [-0.1, -0.05) is 147 Å². The maximum Gasteiger partial charge on any atom is 0.0540 e. The van der Waals surface area contributed by atoms with Crippen LogP contribution in [0, 0.1) is 23.7 Å². The number of rotatable bonds is 5. The first-order valence-corrected chi connectivity index (χ1v) is 21.0. The lowest BCUT2D eigenvalue weighted by molar-refractivity contribution is -0.0397. The average molecular weight is 722 g/mol. The van der Waals surface area contributed by atoms with E-state index in [4.69, 9.17) is 0 Å². The third-order valence-electron chi connectivity index (χ3n) is 15.0. The van der Waals surface area contributed by atoms with Crippen LogP contribution < -0.4 is 4.90 Å². The largest absolute Gasteiger partial charge is 0.310 e. The van der Waals surface area contributed by atoms with Gasteiger partial charge in [0, 0.05) is 22.1 Å². The van der Waals surface area contributed by atoms with Crippen LogP contribution in [0.25, 0.3) is 44.5 Å². The van der Waals surface area contributed by atoms with Crippen molar-refractivity contribution in [2.75, 3.05) is 4.90 Å². The van der Waals surface area contributed by atoms with Crippen LogP contribution in [0.2, 0.25) is 0 Å². The molecule has 0 atom stereocenters. The zero-order valence-corrected chi connectivity index (χ0v) is 32.4. The van der Waals surface area contributed by atoms with Crippen molar-refractivity contribution < 1.29 is 0 Å². The van der Waals surface area contributed by atoms with Crippen LogP contribution in [0.3, 0.4) is 0 Å². The lowest BCUT2D eigenvalue weighted by Crippen LogP contribution is -2.55. The molecule has 0 aliphatic heterocycles. The Morgan fingerprint density at radius 2 is 1.00 bits per heavy atom. The molecular weight excluding hydrogens is 675 g/mol. The zero-order valence-electron chi connectivity index (χ0n) is 32.4. The standard InChI is InChI=1S/C55H47N/c1-54(2)48-21-11-9-18-43(48)45-26-25-42(34-50(45)54)56(51-27-24-39(37-14-5-3-6-15-37)33-47(51)38-16-7-4-8-17-38)52-23-13-20-46-44-19-10-12-22-49(44)55(53(46)52)40-29-35-28-36(31-40)32-41(55)30-35/h3-27,33-36,40-41H,28-32H2,1-2H3.